The van der Waals surface area contributed by atoms with E-state index in [-0.39, 0.29) is 24.3 Å². The number of carbonyl (C=O) groups excluding carboxylic acids is 2. The number of aliphatic carboxylic acids is 1. The van der Waals surface area contributed by atoms with Crippen LogP contribution in [-0.2, 0) is 9.59 Å². The van der Waals surface area contributed by atoms with E-state index >= 15 is 0 Å². The molecule has 4 bridgehead atoms. The Morgan fingerprint density at radius 3 is 2.03 bits per heavy atom. The molecule has 4 fully saturated rings. The number of benzene rings is 2. The Labute approximate surface area is 205 Å². The molecule has 4 saturated carbocycles. The summed E-state index contributed by atoms with van der Waals surface area (Å²) in [5, 5.41) is 15.3. The molecule has 0 spiro atoms. The molecule has 7 heteroatoms. The van der Waals surface area contributed by atoms with Crippen molar-refractivity contribution in [2.45, 2.75) is 62.9 Å². The van der Waals surface area contributed by atoms with Gasteiger partial charge in [0.25, 0.3) is 5.91 Å². The standard InChI is InChI=1S/C28H32N2O5/c31-25(32)11-10-24(27(34)30-28-15-18-12-19(16-28)14-20(13-18)17-28)29-26(33)21-6-8-23(9-7-21)35-22-4-2-1-3-5-22/h1-9,18-20,24H,10-17H2,(H,29,33)(H,30,34)(H,31,32)/t18?,19?,20?,24-,28?/m0/s1. The summed E-state index contributed by atoms with van der Waals surface area (Å²) < 4.78 is 5.77. The molecule has 0 radical (unpaired) electrons. The summed E-state index contributed by atoms with van der Waals surface area (Å²) >= 11 is 0. The fourth-order valence-corrected chi connectivity index (χ4v) is 6.69. The van der Waals surface area contributed by atoms with Crippen molar-refractivity contribution in [2.24, 2.45) is 17.8 Å². The minimum atomic E-state index is -0.991. The van der Waals surface area contributed by atoms with Crippen LogP contribution in [0.1, 0.15) is 61.7 Å². The van der Waals surface area contributed by atoms with E-state index in [9.17, 15) is 19.5 Å². The van der Waals surface area contributed by atoms with Gasteiger partial charge in [-0.1, -0.05) is 18.2 Å². The van der Waals surface area contributed by atoms with E-state index in [1.807, 2.05) is 30.3 Å². The molecule has 184 valence electrons. The average molecular weight is 477 g/mol. The molecule has 4 aliphatic carbocycles. The second-order valence-electron chi connectivity index (χ2n) is 10.6. The van der Waals surface area contributed by atoms with Gasteiger partial charge in [-0.2, -0.15) is 0 Å². The minimum Gasteiger partial charge on any atom is -0.481 e. The highest BCUT2D eigenvalue weighted by Gasteiger charge is 2.51. The molecule has 0 heterocycles. The van der Waals surface area contributed by atoms with Gasteiger partial charge in [-0.3, -0.25) is 14.4 Å². The summed E-state index contributed by atoms with van der Waals surface area (Å²) in [6.07, 6.45) is 6.63. The van der Waals surface area contributed by atoms with Gasteiger partial charge in [0.1, 0.15) is 17.5 Å². The number of hydrogen-bond donors (Lipinski definition) is 3. The molecule has 0 aliphatic heterocycles. The van der Waals surface area contributed by atoms with Gasteiger partial charge in [0.05, 0.1) is 0 Å². The molecular weight excluding hydrogens is 444 g/mol. The number of hydrogen-bond acceptors (Lipinski definition) is 4. The lowest BCUT2D eigenvalue weighted by atomic mass is 9.53. The number of amides is 2. The zero-order valence-electron chi connectivity index (χ0n) is 19.7. The number of rotatable bonds is 9. The van der Waals surface area contributed by atoms with Gasteiger partial charge >= 0.3 is 5.97 Å². The molecule has 0 saturated heterocycles. The number of ether oxygens (including phenoxy) is 1. The molecule has 0 unspecified atom stereocenters. The van der Waals surface area contributed by atoms with Crippen molar-refractivity contribution >= 4 is 17.8 Å². The Bertz CT molecular complexity index is 1050. The summed E-state index contributed by atoms with van der Waals surface area (Å²) in [7, 11) is 0. The molecular formula is C28H32N2O5. The quantitative estimate of drug-likeness (QED) is 0.493. The molecule has 7 nitrogen and oxygen atoms in total. The van der Waals surface area contributed by atoms with E-state index in [1.54, 1.807) is 24.3 Å². The number of carboxylic acids is 1. The van der Waals surface area contributed by atoms with Crippen LogP contribution in [0.25, 0.3) is 0 Å². The third-order valence-electron chi connectivity index (χ3n) is 7.79. The first-order valence-corrected chi connectivity index (χ1v) is 12.6. The molecule has 0 aromatic heterocycles. The Morgan fingerprint density at radius 1 is 0.886 bits per heavy atom. The lowest BCUT2D eigenvalue weighted by Crippen LogP contribution is -2.62. The van der Waals surface area contributed by atoms with Gasteiger partial charge in [-0.25, -0.2) is 0 Å². The van der Waals surface area contributed by atoms with E-state index < -0.39 is 17.9 Å². The van der Waals surface area contributed by atoms with Crippen molar-refractivity contribution in [3.8, 4) is 11.5 Å². The maximum atomic E-state index is 13.3. The molecule has 1 atom stereocenters. The van der Waals surface area contributed by atoms with Crippen molar-refractivity contribution in [1.82, 2.24) is 10.6 Å². The first-order valence-electron chi connectivity index (χ1n) is 12.6. The third kappa shape index (κ3) is 5.50. The summed E-state index contributed by atoms with van der Waals surface area (Å²) in [6, 6.07) is 15.1. The summed E-state index contributed by atoms with van der Waals surface area (Å²) in [5.74, 6) is 1.63. The van der Waals surface area contributed by atoms with Crippen LogP contribution in [-0.4, -0.2) is 34.5 Å². The summed E-state index contributed by atoms with van der Waals surface area (Å²) in [5.41, 5.74) is 0.183. The number of carbonyl (C=O) groups is 3. The van der Waals surface area contributed by atoms with Crippen LogP contribution in [0.5, 0.6) is 11.5 Å². The molecule has 6 rings (SSSR count). The number of nitrogens with one attached hydrogen (secondary N) is 2. The van der Waals surface area contributed by atoms with E-state index in [2.05, 4.69) is 10.6 Å². The fraction of sp³-hybridized carbons (Fsp3) is 0.464. The molecule has 2 amide bonds. The highest BCUT2D eigenvalue weighted by atomic mass is 16.5. The lowest BCUT2D eigenvalue weighted by molar-refractivity contribution is -0.137. The van der Waals surface area contributed by atoms with E-state index in [1.165, 1.54) is 19.3 Å². The van der Waals surface area contributed by atoms with Gasteiger partial charge in [-0.15, -0.1) is 0 Å². The smallest absolute Gasteiger partial charge is 0.303 e. The molecule has 2 aromatic rings. The van der Waals surface area contributed by atoms with Crippen LogP contribution in [0.2, 0.25) is 0 Å². The van der Waals surface area contributed by atoms with Crippen LogP contribution < -0.4 is 15.4 Å². The SMILES string of the molecule is O=C(O)CC[C@H](NC(=O)c1ccc(Oc2ccccc2)cc1)C(=O)NC12CC3CC(CC(C3)C1)C2. The second kappa shape index (κ2) is 9.72. The van der Waals surface area contributed by atoms with Crippen molar-refractivity contribution in [2.75, 3.05) is 0 Å². The summed E-state index contributed by atoms with van der Waals surface area (Å²) in [4.78, 5) is 37.5. The monoisotopic (exact) mass is 476 g/mol. The third-order valence-corrected chi connectivity index (χ3v) is 7.79. The predicted octanol–water partition coefficient (Wildman–Crippen LogP) is 4.53. The second-order valence-corrected chi connectivity index (χ2v) is 10.6. The first kappa shape index (κ1) is 23.4. The van der Waals surface area contributed by atoms with Crippen LogP contribution >= 0.6 is 0 Å². The predicted molar refractivity (Wildman–Crippen MR) is 130 cm³/mol. The molecule has 35 heavy (non-hydrogen) atoms. The van der Waals surface area contributed by atoms with Crippen LogP contribution in [0.3, 0.4) is 0 Å². The lowest BCUT2D eigenvalue weighted by Gasteiger charge is -2.57. The Kier molecular flexibility index (Phi) is 6.50. The number of carboxylic acid groups (broad SMARTS) is 1. The van der Waals surface area contributed by atoms with E-state index in [0.29, 0.717) is 34.8 Å². The molecule has 3 N–H and O–H groups in total. The van der Waals surface area contributed by atoms with Crippen molar-refractivity contribution in [1.29, 1.82) is 0 Å². The van der Waals surface area contributed by atoms with Gasteiger partial charge in [-0.05, 0) is 99.1 Å². The summed E-state index contributed by atoms with van der Waals surface area (Å²) in [6.45, 7) is 0. The maximum Gasteiger partial charge on any atom is 0.303 e. The maximum absolute atomic E-state index is 13.3. The van der Waals surface area contributed by atoms with Crippen molar-refractivity contribution in [3.05, 3.63) is 60.2 Å². The Morgan fingerprint density at radius 2 is 1.46 bits per heavy atom. The minimum absolute atomic E-state index is 0.0501. The van der Waals surface area contributed by atoms with Crippen LogP contribution in [0, 0.1) is 17.8 Å². The number of para-hydroxylation sites is 1. The Balaban J connectivity index is 1.24. The largest absolute Gasteiger partial charge is 0.481 e. The van der Waals surface area contributed by atoms with Crippen LogP contribution in [0.4, 0.5) is 0 Å². The normalized spacial score (nSPS) is 27.1. The van der Waals surface area contributed by atoms with Crippen molar-refractivity contribution < 1.29 is 24.2 Å². The first-order chi connectivity index (χ1) is 16.9. The van der Waals surface area contributed by atoms with Gasteiger partial charge in [0.2, 0.25) is 5.91 Å². The Hall–Kier alpha value is -3.35. The topological polar surface area (TPSA) is 105 Å². The van der Waals surface area contributed by atoms with Gasteiger partial charge in [0, 0.05) is 17.5 Å². The molecule has 4 aliphatic rings. The van der Waals surface area contributed by atoms with Crippen molar-refractivity contribution in [3.63, 3.8) is 0 Å². The fourth-order valence-electron chi connectivity index (χ4n) is 6.69. The van der Waals surface area contributed by atoms with E-state index in [4.69, 9.17) is 4.74 Å². The zero-order chi connectivity index (χ0) is 24.4. The zero-order valence-corrected chi connectivity index (χ0v) is 19.7. The van der Waals surface area contributed by atoms with E-state index in [0.717, 1.165) is 19.3 Å². The highest BCUT2D eigenvalue weighted by molar-refractivity contribution is 5.97. The highest BCUT2D eigenvalue weighted by Crippen LogP contribution is 2.55. The van der Waals surface area contributed by atoms with Crippen LogP contribution in [0.15, 0.2) is 54.6 Å². The van der Waals surface area contributed by atoms with Gasteiger partial charge < -0.3 is 20.5 Å². The van der Waals surface area contributed by atoms with Gasteiger partial charge in [0.15, 0.2) is 0 Å². The molecule has 2 aromatic carbocycles. The average Bonchev–Trinajstić information content (AvgIpc) is 2.81.